The molecule has 0 bridgehead atoms. The predicted molar refractivity (Wildman–Crippen MR) is 85.2 cm³/mol. The number of carbonyl (C=O) groups is 1. The summed E-state index contributed by atoms with van der Waals surface area (Å²) in [5, 5.41) is 6.73. The first-order valence-corrected chi connectivity index (χ1v) is 6.57. The van der Waals surface area contributed by atoms with Gasteiger partial charge in [-0.2, -0.15) is 0 Å². The van der Waals surface area contributed by atoms with Crippen molar-refractivity contribution in [3.8, 4) is 5.75 Å². The molecule has 1 aromatic carbocycles. The van der Waals surface area contributed by atoms with Crippen LogP contribution in [-0.2, 0) is 4.79 Å². The second-order valence-corrected chi connectivity index (χ2v) is 4.77. The van der Waals surface area contributed by atoms with Crippen molar-refractivity contribution in [2.24, 2.45) is 0 Å². The van der Waals surface area contributed by atoms with E-state index in [0.29, 0.717) is 0 Å². The Morgan fingerprint density at radius 3 is 2.76 bits per heavy atom. The fraction of sp³-hybridized carbons (Fsp3) is 0.400. The number of nitrogens with one attached hydrogen (secondary N) is 2. The van der Waals surface area contributed by atoms with E-state index in [1.165, 1.54) is 0 Å². The molecule has 116 valence electrons. The largest absolute Gasteiger partial charge is 0.497 e. The predicted octanol–water partition coefficient (Wildman–Crippen LogP) is 2.57. The first kappa shape index (κ1) is 17.3. The Bertz CT molecular complexity index is 625. The van der Waals surface area contributed by atoms with Crippen LogP contribution < -0.4 is 15.4 Å². The van der Waals surface area contributed by atoms with Gasteiger partial charge in [0.25, 0.3) is 0 Å². The van der Waals surface area contributed by atoms with Gasteiger partial charge < -0.3 is 19.8 Å². The summed E-state index contributed by atoms with van der Waals surface area (Å²) in [6, 6.07) is 5.51. The van der Waals surface area contributed by atoms with Crippen molar-refractivity contribution in [2.45, 2.75) is 19.9 Å². The van der Waals surface area contributed by atoms with E-state index in [-0.39, 0.29) is 30.9 Å². The molecule has 1 amide bonds. The maximum atomic E-state index is 11.6. The highest BCUT2D eigenvalue weighted by molar-refractivity contribution is 5.85. The zero-order chi connectivity index (χ0) is 14.7. The fourth-order valence-corrected chi connectivity index (χ4v) is 2.28. The molecule has 0 spiro atoms. The lowest BCUT2D eigenvalue weighted by Gasteiger charge is -2.12. The molecule has 21 heavy (non-hydrogen) atoms. The van der Waals surface area contributed by atoms with Crippen LogP contribution in [0.25, 0.3) is 11.0 Å². The highest BCUT2D eigenvalue weighted by atomic mass is 35.5. The van der Waals surface area contributed by atoms with Crippen LogP contribution in [0.15, 0.2) is 22.6 Å². The number of hydrogen-bond donors (Lipinski definition) is 2. The number of hydrogen-bond acceptors (Lipinski definition) is 4. The van der Waals surface area contributed by atoms with E-state index in [1.807, 2.05) is 32.0 Å². The summed E-state index contributed by atoms with van der Waals surface area (Å²) in [6.45, 7) is 4.19. The number of amides is 1. The first-order chi connectivity index (χ1) is 9.56. The second-order valence-electron chi connectivity index (χ2n) is 4.77. The number of ether oxygens (including phenoxy) is 1. The molecule has 2 rings (SSSR count). The van der Waals surface area contributed by atoms with Gasteiger partial charge in [0.2, 0.25) is 5.91 Å². The lowest BCUT2D eigenvalue weighted by atomic mass is 10.1. The van der Waals surface area contributed by atoms with Gasteiger partial charge in [-0.25, -0.2) is 0 Å². The maximum absolute atomic E-state index is 11.6. The van der Waals surface area contributed by atoms with Crippen LogP contribution in [0.2, 0.25) is 0 Å². The molecule has 0 aliphatic rings. The Hall–Kier alpha value is -1.72. The average molecular weight is 313 g/mol. The van der Waals surface area contributed by atoms with Crippen molar-refractivity contribution in [3.05, 3.63) is 29.5 Å². The zero-order valence-corrected chi connectivity index (χ0v) is 13.5. The van der Waals surface area contributed by atoms with E-state index in [4.69, 9.17) is 9.15 Å². The van der Waals surface area contributed by atoms with E-state index in [1.54, 1.807) is 14.2 Å². The second kappa shape index (κ2) is 7.33. The number of rotatable bonds is 5. The van der Waals surface area contributed by atoms with Gasteiger partial charge >= 0.3 is 0 Å². The van der Waals surface area contributed by atoms with Crippen LogP contribution in [0.3, 0.4) is 0 Å². The van der Waals surface area contributed by atoms with Gasteiger partial charge in [-0.15, -0.1) is 12.4 Å². The zero-order valence-electron chi connectivity index (χ0n) is 12.6. The van der Waals surface area contributed by atoms with Crippen LogP contribution in [0.1, 0.15) is 24.3 Å². The monoisotopic (exact) mass is 312 g/mol. The number of fused-ring (bicyclic) bond motifs is 1. The van der Waals surface area contributed by atoms with Gasteiger partial charge in [-0.05, 0) is 39.1 Å². The topological polar surface area (TPSA) is 63.5 Å². The third kappa shape index (κ3) is 3.68. The Balaban J connectivity index is 0.00000220. The van der Waals surface area contributed by atoms with Crippen molar-refractivity contribution in [1.82, 2.24) is 10.6 Å². The fourth-order valence-electron chi connectivity index (χ4n) is 2.28. The summed E-state index contributed by atoms with van der Waals surface area (Å²) >= 11 is 0. The van der Waals surface area contributed by atoms with Gasteiger partial charge in [0, 0.05) is 10.9 Å². The van der Waals surface area contributed by atoms with E-state index in [2.05, 4.69) is 10.6 Å². The summed E-state index contributed by atoms with van der Waals surface area (Å²) in [5.74, 6) is 1.51. The third-order valence-corrected chi connectivity index (χ3v) is 3.29. The van der Waals surface area contributed by atoms with Gasteiger partial charge in [0.15, 0.2) is 0 Å². The Kier molecular flexibility index (Phi) is 6.05. The van der Waals surface area contributed by atoms with Crippen molar-refractivity contribution < 1.29 is 13.9 Å². The summed E-state index contributed by atoms with van der Waals surface area (Å²) in [4.78, 5) is 11.6. The molecule has 0 fully saturated rings. The summed E-state index contributed by atoms with van der Waals surface area (Å²) in [7, 11) is 3.38. The van der Waals surface area contributed by atoms with E-state index < -0.39 is 0 Å². The van der Waals surface area contributed by atoms with Crippen LogP contribution in [0.5, 0.6) is 5.75 Å². The van der Waals surface area contributed by atoms with Gasteiger partial charge in [-0.1, -0.05) is 0 Å². The van der Waals surface area contributed by atoms with E-state index in [9.17, 15) is 4.79 Å². The minimum Gasteiger partial charge on any atom is -0.497 e. The standard InChI is InChI=1S/C15H20N2O3.ClH/c1-9-12-7-11(19-4)5-6-13(12)20-15(9)10(2)17-14(18)8-16-3;/h5-7,10,16H,8H2,1-4H3,(H,17,18);1H. The lowest BCUT2D eigenvalue weighted by Crippen LogP contribution is -2.34. The molecular weight excluding hydrogens is 292 g/mol. The summed E-state index contributed by atoms with van der Waals surface area (Å²) in [6.07, 6.45) is 0. The number of carbonyl (C=O) groups excluding carboxylic acids is 1. The molecule has 5 nitrogen and oxygen atoms in total. The number of benzene rings is 1. The van der Waals surface area contributed by atoms with Crippen LogP contribution in [0.4, 0.5) is 0 Å². The minimum absolute atomic E-state index is 0. The van der Waals surface area contributed by atoms with Crippen LogP contribution in [0, 0.1) is 6.92 Å². The molecule has 0 aliphatic heterocycles. The van der Waals surface area contributed by atoms with Gasteiger partial charge in [0.05, 0.1) is 19.7 Å². The molecule has 1 aromatic heterocycles. The summed E-state index contributed by atoms with van der Waals surface area (Å²) < 4.78 is 11.1. The summed E-state index contributed by atoms with van der Waals surface area (Å²) in [5.41, 5.74) is 1.82. The van der Waals surface area contributed by atoms with Crippen molar-refractivity contribution >= 4 is 29.3 Å². The van der Waals surface area contributed by atoms with Gasteiger partial charge in [-0.3, -0.25) is 4.79 Å². The van der Waals surface area contributed by atoms with Gasteiger partial charge in [0.1, 0.15) is 17.1 Å². The lowest BCUT2D eigenvalue weighted by molar-refractivity contribution is -0.120. The molecule has 1 atom stereocenters. The molecule has 0 aliphatic carbocycles. The van der Waals surface area contributed by atoms with Crippen molar-refractivity contribution in [1.29, 1.82) is 0 Å². The Labute approximate surface area is 130 Å². The highest BCUT2D eigenvalue weighted by Gasteiger charge is 2.18. The number of halogens is 1. The molecule has 6 heteroatoms. The number of aryl methyl sites for hydroxylation is 1. The quantitative estimate of drug-likeness (QED) is 0.890. The molecule has 2 aromatic rings. The van der Waals surface area contributed by atoms with E-state index in [0.717, 1.165) is 28.0 Å². The van der Waals surface area contributed by atoms with Crippen LogP contribution >= 0.6 is 12.4 Å². The number of furan rings is 1. The van der Waals surface area contributed by atoms with Crippen molar-refractivity contribution in [2.75, 3.05) is 20.7 Å². The maximum Gasteiger partial charge on any atom is 0.234 e. The van der Waals surface area contributed by atoms with Crippen LogP contribution in [-0.4, -0.2) is 26.6 Å². The third-order valence-electron chi connectivity index (χ3n) is 3.29. The number of methoxy groups -OCH3 is 1. The van der Waals surface area contributed by atoms with E-state index >= 15 is 0 Å². The Morgan fingerprint density at radius 1 is 1.43 bits per heavy atom. The molecule has 0 saturated heterocycles. The molecule has 1 heterocycles. The van der Waals surface area contributed by atoms with Crippen molar-refractivity contribution in [3.63, 3.8) is 0 Å². The average Bonchev–Trinajstić information content (AvgIpc) is 2.76. The SMILES string of the molecule is CNCC(=O)NC(C)c1oc2ccc(OC)cc2c1C.Cl. The Morgan fingerprint density at radius 2 is 2.14 bits per heavy atom. The highest BCUT2D eigenvalue weighted by Crippen LogP contribution is 2.31. The molecule has 1 unspecified atom stereocenters. The molecule has 0 saturated carbocycles. The first-order valence-electron chi connectivity index (χ1n) is 6.57. The normalized spacial score (nSPS) is 11.8. The minimum atomic E-state index is -0.172. The molecule has 2 N–H and O–H groups in total. The molecular formula is C15H21ClN2O3. The molecule has 0 radical (unpaired) electrons. The smallest absolute Gasteiger partial charge is 0.234 e. The number of likely N-dealkylation sites (N-methyl/N-ethyl adjacent to an activating group) is 1.